The molecule has 0 bridgehead atoms. The zero-order valence-corrected chi connectivity index (χ0v) is 13.1. The minimum Gasteiger partial charge on any atom is -0.508 e. The number of hydrogen-bond donors (Lipinski definition) is 1. The number of fused-ring (bicyclic) bond motifs is 3. The summed E-state index contributed by atoms with van der Waals surface area (Å²) in [4.78, 5) is 4.68. The van der Waals surface area contributed by atoms with Gasteiger partial charge in [0.05, 0.1) is 5.39 Å². The van der Waals surface area contributed by atoms with Crippen LogP contribution in [0.25, 0.3) is 33.2 Å². The van der Waals surface area contributed by atoms with Gasteiger partial charge in [-0.3, -0.25) is 0 Å². The number of phenols is 1. The smallest absolute Gasteiger partial charge is 0.228 e. The van der Waals surface area contributed by atoms with Crippen LogP contribution in [0.3, 0.4) is 0 Å². The van der Waals surface area contributed by atoms with Crippen molar-refractivity contribution in [3.63, 3.8) is 0 Å². The first-order valence-electron chi connectivity index (χ1n) is 7.75. The monoisotopic (exact) mass is 303 g/mol. The fraction of sp³-hybridized carbons (Fsp3) is 0.150. The van der Waals surface area contributed by atoms with Gasteiger partial charge in [0, 0.05) is 17.1 Å². The highest BCUT2D eigenvalue weighted by atomic mass is 16.3. The Labute approximate surface area is 134 Å². The van der Waals surface area contributed by atoms with E-state index in [9.17, 15) is 5.11 Å². The Hall–Kier alpha value is -2.81. The van der Waals surface area contributed by atoms with Gasteiger partial charge in [-0.25, -0.2) is 4.98 Å². The van der Waals surface area contributed by atoms with E-state index in [1.165, 1.54) is 0 Å². The largest absolute Gasteiger partial charge is 0.508 e. The van der Waals surface area contributed by atoms with E-state index in [0.717, 1.165) is 27.6 Å². The average Bonchev–Trinajstić information content (AvgIpc) is 2.91. The molecule has 1 N–H and O–H groups in total. The Morgan fingerprint density at radius 1 is 1.00 bits per heavy atom. The van der Waals surface area contributed by atoms with Gasteiger partial charge in [-0.15, -0.1) is 0 Å². The van der Waals surface area contributed by atoms with Gasteiger partial charge in [-0.1, -0.05) is 44.2 Å². The predicted octanol–water partition coefficient (Wildman–Crippen LogP) is 5.48. The highest BCUT2D eigenvalue weighted by Gasteiger charge is 2.17. The highest BCUT2D eigenvalue weighted by molar-refractivity contribution is 6.11. The second kappa shape index (κ2) is 5.13. The van der Waals surface area contributed by atoms with E-state index in [0.29, 0.717) is 17.2 Å². The molecule has 3 nitrogen and oxygen atoms in total. The molecule has 0 spiro atoms. The molecule has 0 saturated carbocycles. The van der Waals surface area contributed by atoms with E-state index < -0.39 is 0 Å². The van der Waals surface area contributed by atoms with Crippen LogP contribution >= 0.6 is 0 Å². The third-order valence-electron chi connectivity index (χ3n) is 4.12. The molecule has 2 aromatic heterocycles. The van der Waals surface area contributed by atoms with Crippen molar-refractivity contribution >= 4 is 22.1 Å². The van der Waals surface area contributed by atoms with Gasteiger partial charge in [0.2, 0.25) is 5.71 Å². The van der Waals surface area contributed by atoms with Crippen LogP contribution in [-0.4, -0.2) is 10.1 Å². The molecule has 0 atom stereocenters. The van der Waals surface area contributed by atoms with Crippen molar-refractivity contribution in [2.75, 3.05) is 0 Å². The second-order valence-corrected chi connectivity index (χ2v) is 6.08. The molecule has 23 heavy (non-hydrogen) atoms. The molecule has 0 aliphatic heterocycles. The van der Waals surface area contributed by atoms with Crippen LogP contribution in [0.15, 0.2) is 59.0 Å². The molecule has 0 aliphatic carbocycles. The number of pyridine rings is 1. The van der Waals surface area contributed by atoms with Crippen molar-refractivity contribution < 1.29 is 9.52 Å². The maximum atomic E-state index is 9.70. The summed E-state index contributed by atoms with van der Waals surface area (Å²) in [5.74, 6) is 0.505. The first-order chi connectivity index (χ1) is 11.1. The second-order valence-electron chi connectivity index (χ2n) is 6.08. The first-order valence-corrected chi connectivity index (χ1v) is 7.75. The van der Waals surface area contributed by atoms with Gasteiger partial charge in [0.15, 0.2) is 0 Å². The van der Waals surface area contributed by atoms with E-state index in [1.54, 1.807) is 12.1 Å². The lowest BCUT2D eigenvalue weighted by Crippen LogP contribution is -1.94. The molecule has 0 saturated heterocycles. The molecule has 4 aromatic rings. The molecule has 0 aliphatic rings. The van der Waals surface area contributed by atoms with Gasteiger partial charge < -0.3 is 9.52 Å². The number of rotatable bonds is 2. The van der Waals surface area contributed by atoms with Crippen LogP contribution < -0.4 is 0 Å². The lowest BCUT2D eigenvalue weighted by molar-refractivity contribution is 0.475. The number of furan rings is 1. The van der Waals surface area contributed by atoms with Gasteiger partial charge in [-0.05, 0) is 35.2 Å². The fourth-order valence-corrected chi connectivity index (χ4v) is 2.92. The average molecular weight is 303 g/mol. The van der Waals surface area contributed by atoms with Gasteiger partial charge >= 0.3 is 0 Å². The summed E-state index contributed by atoms with van der Waals surface area (Å²) in [6.07, 6.45) is 0. The van der Waals surface area contributed by atoms with E-state index in [4.69, 9.17) is 4.42 Å². The fourth-order valence-electron chi connectivity index (χ4n) is 2.92. The lowest BCUT2D eigenvalue weighted by atomic mass is 9.98. The van der Waals surface area contributed by atoms with Crippen LogP contribution in [0, 0.1) is 0 Å². The molecular formula is C20H17NO2. The van der Waals surface area contributed by atoms with Gasteiger partial charge in [0.25, 0.3) is 0 Å². The Balaban J connectivity index is 2.14. The SMILES string of the molecule is CC(C)c1cc(-c2ccccc2)c2c(n1)oc1cc(O)ccc12. The van der Waals surface area contributed by atoms with Crippen molar-refractivity contribution in [1.29, 1.82) is 0 Å². The van der Waals surface area contributed by atoms with Crippen LogP contribution in [-0.2, 0) is 0 Å². The summed E-state index contributed by atoms with van der Waals surface area (Å²) in [6.45, 7) is 4.24. The predicted molar refractivity (Wildman–Crippen MR) is 92.7 cm³/mol. The van der Waals surface area contributed by atoms with Crippen LogP contribution in [0.4, 0.5) is 0 Å². The zero-order chi connectivity index (χ0) is 16.0. The van der Waals surface area contributed by atoms with E-state index >= 15 is 0 Å². The minimum absolute atomic E-state index is 0.196. The van der Waals surface area contributed by atoms with Gasteiger partial charge in [0.1, 0.15) is 11.3 Å². The number of aromatic nitrogens is 1. The maximum absolute atomic E-state index is 9.70. The van der Waals surface area contributed by atoms with Crippen LogP contribution in [0.5, 0.6) is 5.75 Å². The summed E-state index contributed by atoms with van der Waals surface area (Å²) in [5, 5.41) is 11.7. The Bertz CT molecular complexity index is 1000. The molecule has 4 rings (SSSR count). The summed E-state index contributed by atoms with van der Waals surface area (Å²) in [5.41, 5.74) is 4.53. The number of hydrogen-bond acceptors (Lipinski definition) is 3. The van der Waals surface area contributed by atoms with E-state index in [-0.39, 0.29) is 5.75 Å². The zero-order valence-electron chi connectivity index (χ0n) is 13.1. The number of aromatic hydroxyl groups is 1. The molecule has 0 unspecified atom stereocenters. The first kappa shape index (κ1) is 13.8. The lowest BCUT2D eigenvalue weighted by Gasteiger charge is -2.09. The van der Waals surface area contributed by atoms with Crippen molar-refractivity contribution in [1.82, 2.24) is 4.98 Å². The van der Waals surface area contributed by atoms with E-state index in [1.807, 2.05) is 24.3 Å². The quantitative estimate of drug-likeness (QED) is 0.533. The van der Waals surface area contributed by atoms with Crippen LogP contribution in [0.2, 0.25) is 0 Å². The van der Waals surface area contributed by atoms with Crippen molar-refractivity contribution in [3.8, 4) is 16.9 Å². The summed E-state index contributed by atoms with van der Waals surface area (Å²) in [7, 11) is 0. The molecule has 2 aromatic carbocycles. The number of nitrogens with zero attached hydrogens (tertiary/aromatic N) is 1. The highest BCUT2D eigenvalue weighted by Crippen LogP contribution is 2.38. The maximum Gasteiger partial charge on any atom is 0.228 e. The number of phenolic OH excluding ortho intramolecular Hbond substituents is 1. The Morgan fingerprint density at radius 3 is 2.52 bits per heavy atom. The molecule has 2 heterocycles. The minimum atomic E-state index is 0.196. The molecule has 0 fully saturated rings. The van der Waals surface area contributed by atoms with E-state index in [2.05, 4.69) is 37.0 Å². The van der Waals surface area contributed by atoms with Crippen molar-refractivity contribution in [2.24, 2.45) is 0 Å². The van der Waals surface area contributed by atoms with Crippen molar-refractivity contribution in [2.45, 2.75) is 19.8 Å². The molecular weight excluding hydrogens is 286 g/mol. The number of benzene rings is 2. The summed E-state index contributed by atoms with van der Waals surface area (Å²) >= 11 is 0. The Kier molecular flexibility index (Phi) is 3.08. The molecule has 0 amide bonds. The normalized spacial score (nSPS) is 11.6. The standard InChI is InChI=1S/C20H17NO2/c1-12(2)17-11-16(13-6-4-3-5-7-13)19-15-9-8-14(22)10-18(15)23-20(19)21-17/h3-12,22H,1-2H3. The summed E-state index contributed by atoms with van der Waals surface area (Å²) < 4.78 is 5.92. The molecule has 3 heteroatoms. The summed E-state index contributed by atoms with van der Waals surface area (Å²) in [6, 6.07) is 17.6. The van der Waals surface area contributed by atoms with Crippen LogP contribution in [0.1, 0.15) is 25.5 Å². The topological polar surface area (TPSA) is 46.3 Å². The molecule has 0 radical (unpaired) electrons. The van der Waals surface area contributed by atoms with Gasteiger partial charge in [-0.2, -0.15) is 0 Å². The van der Waals surface area contributed by atoms with Crippen molar-refractivity contribution in [3.05, 3.63) is 60.3 Å². The molecule has 114 valence electrons. The third kappa shape index (κ3) is 2.25. The Morgan fingerprint density at radius 2 is 1.78 bits per heavy atom. The third-order valence-corrected chi connectivity index (χ3v) is 4.12.